The van der Waals surface area contributed by atoms with Gasteiger partial charge in [0.25, 0.3) is 10.0 Å². The van der Waals surface area contributed by atoms with Gasteiger partial charge in [-0.2, -0.15) is 8.42 Å². The molecule has 1 aromatic heterocycles. The molecule has 0 radical (unpaired) electrons. The molecular weight excluding hydrogens is 272 g/mol. The highest BCUT2D eigenvalue weighted by molar-refractivity contribution is 7.92. The van der Waals surface area contributed by atoms with Gasteiger partial charge in [-0.3, -0.25) is 0 Å². The Hall–Kier alpha value is -2.29. The zero-order valence-electron chi connectivity index (χ0n) is 10.3. The van der Waals surface area contributed by atoms with Crippen LogP contribution in [0.3, 0.4) is 0 Å². The SMILES string of the molecule is COc1ccc(S(=O)(=O)Nn2cnnc2)cc1OC. The van der Waals surface area contributed by atoms with Crippen LogP contribution in [0.2, 0.25) is 0 Å². The van der Waals surface area contributed by atoms with E-state index in [1.807, 2.05) is 0 Å². The van der Waals surface area contributed by atoms with Crippen molar-refractivity contribution in [2.45, 2.75) is 4.90 Å². The fourth-order valence-corrected chi connectivity index (χ4v) is 2.41. The van der Waals surface area contributed by atoms with Crippen molar-refractivity contribution in [1.29, 1.82) is 0 Å². The first-order chi connectivity index (χ1) is 9.06. The van der Waals surface area contributed by atoms with E-state index in [9.17, 15) is 8.42 Å². The Morgan fingerprint density at radius 2 is 1.74 bits per heavy atom. The fraction of sp³-hybridized carbons (Fsp3) is 0.200. The molecule has 0 unspecified atom stereocenters. The highest BCUT2D eigenvalue weighted by atomic mass is 32.2. The van der Waals surface area contributed by atoms with Gasteiger partial charge < -0.3 is 9.47 Å². The van der Waals surface area contributed by atoms with Gasteiger partial charge in [0.15, 0.2) is 11.5 Å². The van der Waals surface area contributed by atoms with Crippen LogP contribution in [0.15, 0.2) is 35.7 Å². The second-order valence-corrected chi connectivity index (χ2v) is 5.14. The van der Waals surface area contributed by atoms with Crippen molar-refractivity contribution in [2.75, 3.05) is 19.1 Å². The quantitative estimate of drug-likeness (QED) is 0.844. The van der Waals surface area contributed by atoms with Crippen molar-refractivity contribution in [3.05, 3.63) is 30.9 Å². The Kier molecular flexibility index (Phi) is 3.56. The summed E-state index contributed by atoms with van der Waals surface area (Å²) in [5, 5.41) is 7.00. The lowest BCUT2D eigenvalue weighted by Gasteiger charge is -2.11. The second-order valence-electron chi connectivity index (χ2n) is 3.48. The average Bonchev–Trinajstić information content (AvgIpc) is 2.89. The molecular formula is C10H12N4O4S. The summed E-state index contributed by atoms with van der Waals surface area (Å²) in [7, 11) is -0.838. The maximum atomic E-state index is 12.1. The summed E-state index contributed by atoms with van der Waals surface area (Å²) in [5.41, 5.74) is 0. The monoisotopic (exact) mass is 284 g/mol. The van der Waals surface area contributed by atoms with E-state index in [1.54, 1.807) is 0 Å². The minimum atomic E-state index is -3.74. The molecule has 2 rings (SSSR count). The molecule has 0 fully saturated rings. The predicted molar refractivity (Wildman–Crippen MR) is 66.1 cm³/mol. The van der Waals surface area contributed by atoms with Crippen molar-refractivity contribution in [3.8, 4) is 11.5 Å². The number of nitrogens with zero attached hydrogens (tertiary/aromatic N) is 3. The average molecular weight is 284 g/mol. The van der Waals surface area contributed by atoms with E-state index in [0.717, 1.165) is 4.68 Å². The largest absolute Gasteiger partial charge is 0.493 e. The van der Waals surface area contributed by atoms with Crippen molar-refractivity contribution in [3.63, 3.8) is 0 Å². The van der Waals surface area contributed by atoms with Gasteiger partial charge in [-0.1, -0.05) is 0 Å². The first-order valence-electron chi connectivity index (χ1n) is 5.16. The summed E-state index contributed by atoms with van der Waals surface area (Å²) in [6, 6.07) is 4.29. The van der Waals surface area contributed by atoms with Crippen LogP contribution in [0.1, 0.15) is 0 Å². The molecule has 19 heavy (non-hydrogen) atoms. The van der Waals surface area contributed by atoms with Crippen molar-refractivity contribution in [1.82, 2.24) is 14.9 Å². The normalized spacial score (nSPS) is 11.1. The third-order valence-electron chi connectivity index (χ3n) is 2.31. The molecule has 0 amide bonds. The van der Waals surface area contributed by atoms with Gasteiger partial charge in [-0.15, -0.1) is 10.2 Å². The van der Waals surface area contributed by atoms with E-state index in [-0.39, 0.29) is 4.90 Å². The van der Waals surface area contributed by atoms with E-state index in [4.69, 9.17) is 9.47 Å². The van der Waals surface area contributed by atoms with Crippen LogP contribution >= 0.6 is 0 Å². The fourth-order valence-electron chi connectivity index (χ4n) is 1.42. The van der Waals surface area contributed by atoms with E-state index in [1.165, 1.54) is 45.1 Å². The Balaban J connectivity index is 2.35. The molecule has 8 nitrogen and oxygen atoms in total. The van der Waals surface area contributed by atoms with Gasteiger partial charge >= 0.3 is 0 Å². The number of hydrogen-bond donors (Lipinski definition) is 1. The Morgan fingerprint density at radius 3 is 2.32 bits per heavy atom. The van der Waals surface area contributed by atoms with E-state index in [0.29, 0.717) is 11.5 Å². The zero-order valence-corrected chi connectivity index (χ0v) is 11.1. The predicted octanol–water partition coefficient (Wildman–Crippen LogP) is 0.228. The van der Waals surface area contributed by atoms with Crippen molar-refractivity contribution < 1.29 is 17.9 Å². The van der Waals surface area contributed by atoms with Crippen LogP contribution in [0.25, 0.3) is 0 Å². The molecule has 0 saturated carbocycles. The van der Waals surface area contributed by atoms with Gasteiger partial charge in [-0.05, 0) is 12.1 Å². The van der Waals surface area contributed by atoms with Gasteiger partial charge in [0.05, 0.1) is 19.1 Å². The molecule has 1 aromatic carbocycles. The van der Waals surface area contributed by atoms with Crippen molar-refractivity contribution in [2.24, 2.45) is 0 Å². The third kappa shape index (κ3) is 2.76. The Bertz CT molecular complexity index is 654. The molecule has 102 valence electrons. The minimum Gasteiger partial charge on any atom is -0.493 e. The van der Waals surface area contributed by atoms with Crippen LogP contribution in [0.4, 0.5) is 0 Å². The topological polar surface area (TPSA) is 95.3 Å². The number of rotatable bonds is 5. The van der Waals surface area contributed by atoms with Crippen molar-refractivity contribution >= 4 is 10.0 Å². The molecule has 0 bridgehead atoms. The summed E-state index contributed by atoms with van der Waals surface area (Å²) in [6.07, 6.45) is 2.47. The van der Waals surface area contributed by atoms with Crippen LogP contribution in [0.5, 0.6) is 11.5 Å². The van der Waals surface area contributed by atoms with Gasteiger partial charge in [-0.25, -0.2) is 9.51 Å². The Labute approximate surface area is 110 Å². The zero-order chi connectivity index (χ0) is 13.9. The lowest BCUT2D eigenvalue weighted by molar-refractivity contribution is 0.354. The van der Waals surface area contributed by atoms with Crippen LogP contribution in [-0.4, -0.2) is 37.5 Å². The Morgan fingerprint density at radius 1 is 1.11 bits per heavy atom. The summed E-state index contributed by atoms with van der Waals surface area (Å²) < 4.78 is 35.4. The number of hydrogen-bond acceptors (Lipinski definition) is 6. The van der Waals surface area contributed by atoms with Gasteiger partial charge in [0.1, 0.15) is 12.7 Å². The molecule has 9 heteroatoms. The first-order valence-corrected chi connectivity index (χ1v) is 6.64. The number of sulfonamides is 1. The van der Waals surface area contributed by atoms with Crippen LogP contribution in [-0.2, 0) is 10.0 Å². The number of benzene rings is 1. The molecule has 1 heterocycles. The number of nitrogens with one attached hydrogen (secondary N) is 1. The lowest BCUT2D eigenvalue weighted by atomic mass is 10.3. The summed E-state index contributed by atoms with van der Waals surface area (Å²) >= 11 is 0. The summed E-state index contributed by atoms with van der Waals surface area (Å²) in [4.78, 5) is 2.31. The molecule has 0 aliphatic carbocycles. The van der Waals surface area contributed by atoms with Crippen LogP contribution in [0, 0.1) is 0 Å². The smallest absolute Gasteiger partial charge is 0.275 e. The highest BCUT2D eigenvalue weighted by Crippen LogP contribution is 2.29. The molecule has 1 N–H and O–H groups in total. The number of methoxy groups -OCH3 is 2. The third-order valence-corrected chi connectivity index (χ3v) is 3.64. The van der Waals surface area contributed by atoms with Crippen LogP contribution < -0.4 is 14.3 Å². The van der Waals surface area contributed by atoms with E-state index < -0.39 is 10.0 Å². The second kappa shape index (κ2) is 5.14. The van der Waals surface area contributed by atoms with E-state index >= 15 is 0 Å². The first kappa shape index (κ1) is 13.1. The van der Waals surface area contributed by atoms with Gasteiger partial charge in [0, 0.05) is 6.07 Å². The molecule has 2 aromatic rings. The molecule has 0 aliphatic heterocycles. The molecule has 0 spiro atoms. The van der Waals surface area contributed by atoms with Gasteiger partial charge in [0.2, 0.25) is 0 Å². The maximum absolute atomic E-state index is 12.1. The number of aromatic nitrogens is 3. The molecule has 0 aliphatic rings. The number of ether oxygens (including phenoxy) is 2. The minimum absolute atomic E-state index is 0.0406. The maximum Gasteiger partial charge on any atom is 0.275 e. The molecule has 0 saturated heterocycles. The lowest BCUT2D eigenvalue weighted by Crippen LogP contribution is -2.22. The summed E-state index contributed by atoms with van der Waals surface area (Å²) in [5.74, 6) is 0.778. The standard InChI is InChI=1S/C10H12N4O4S/c1-17-9-4-3-8(5-10(9)18-2)19(15,16)13-14-6-11-12-7-14/h3-7,13H,1-2H3. The van der Waals surface area contributed by atoms with E-state index in [2.05, 4.69) is 15.0 Å². The highest BCUT2D eigenvalue weighted by Gasteiger charge is 2.17. The summed E-state index contributed by atoms with van der Waals surface area (Å²) in [6.45, 7) is 0. The molecule has 0 atom stereocenters.